The summed E-state index contributed by atoms with van der Waals surface area (Å²) >= 11 is 1.79. The Morgan fingerprint density at radius 3 is 2.48 bits per heavy atom. The van der Waals surface area contributed by atoms with Gasteiger partial charge in [-0.3, -0.25) is 0 Å². The van der Waals surface area contributed by atoms with Gasteiger partial charge in [0, 0.05) is 37.2 Å². The van der Waals surface area contributed by atoms with Gasteiger partial charge in [-0.15, -0.1) is 11.3 Å². The number of rotatable bonds is 8. The molecule has 0 amide bonds. The second-order valence-corrected chi connectivity index (χ2v) is 7.90. The fourth-order valence-electron chi connectivity index (χ4n) is 2.02. The summed E-state index contributed by atoms with van der Waals surface area (Å²) in [6.45, 7) is 16.7. The molecule has 0 aliphatic carbocycles. The molecule has 1 heterocycles. The minimum Gasteiger partial charge on any atom is -0.378 e. The van der Waals surface area contributed by atoms with Crippen LogP contribution in [0.25, 0.3) is 0 Å². The number of hydrogen-bond donors (Lipinski definition) is 1. The van der Waals surface area contributed by atoms with Crippen LogP contribution in [0.3, 0.4) is 0 Å². The number of aromatic nitrogens is 1. The summed E-state index contributed by atoms with van der Waals surface area (Å²) in [5, 5.41) is 4.66. The molecule has 122 valence electrons. The second kappa shape index (κ2) is 8.11. The van der Waals surface area contributed by atoms with E-state index in [4.69, 9.17) is 9.72 Å². The van der Waals surface area contributed by atoms with Gasteiger partial charge < -0.3 is 15.0 Å². The van der Waals surface area contributed by atoms with Gasteiger partial charge in [-0.05, 0) is 33.6 Å². The number of ether oxygens (including phenoxy) is 1. The maximum Gasteiger partial charge on any atom is 0.185 e. The molecule has 0 aromatic carbocycles. The van der Waals surface area contributed by atoms with Crippen molar-refractivity contribution in [1.82, 2.24) is 10.3 Å². The Balaban J connectivity index is 2.91. The number of methoxy groups -OCH3 is 1. The Morgan fingerprint density at radius 1 is 1.33 bits per heavy atom. The zero-order valence-electron chi connectivity index (χ0n) is 14.6. The van der Waals surface area contributed by atoms with Crippen LogP contribution in [0.4, 0.5) is 5.13 Å². The van der Waals surface area contributed by atoms with Crippen LogP contribution in [0.5, 0.6) is 0 Å². The minimum absolute atomic E-state index is 0.108. The molecule has 4 nitrogen and oxygen atoms in total. The normalized spacial score (nSPS) is 12.2. The molecule has 0 saturated carbocycles. The van der Waals surface area contributed by atoms with E-state index in [0.29, 0.717) is 12.5 Å². The Bertz CT molecular complexity index is 424. The highest BCUT2D eigenvalue weighted by Crippen LogP contribution is 2.28. The smallest absolute Gasteiger partial charge is 0.185 e. The first-order valence-electron chi connectivity index (χ1n) is 7.74. The zero-order chi connectivity index (χ0) is 16.0. The van der Waals surface area contributed by atoms with Gasteiger partial charge >= 0.3 is 0 Å². The van der Waals surface area contributed by atoms with Crippen molar-refractivity contribution in [3.05, 3.63) is 10.6 Å². The van der Waals surface area contributed by atoms with Gasteiger partial charge in [0.2, 0.25) is 0 Å². The van der Waals surface area contributed by atoms with Gasteiger partial charge in [0.15, 0.2) is 5.13 Å². The molecule has 0 bridgehead atoms. The first kappa shape index (κ1) is 18.4. The quantitative estimate of drug-likeness (QED) is 0.795. The molecule has 21 heavy (non-hydrogen) atoms. The highest BCUT2D eigenvalue weighted by atomic mass is 32.1. The molecule has 1 aromatic rings. The van der Waals surface area contributed by atoms with Crippen LogP contribution < -0.4 is 10.2 Å². The van der Waals surface area contributed by atoms with E-state index in [-0.39, 0.29) is 5.54 Å². The van der Waals surface area contributed by atoms with Gasteiger partial charge in [-0.25, -0.2) is 4.98 Å². The molecule has 0 spiro atoms. The average Bonchev–Trinajstić information content (AvgIpc) is 2.76. The molecule has 5 heteroatoms. The molecule has 1 N–H and O–H groups in total. The molecule has 0 saturated heterocycles. The Morgan fingerprint density at radius 2 is 2.00 bits per heavy atom. The molecular weight excluding hydrogens is 282 g/mol. The van der Waals surface area contributed by atoms with Gasteiger partial charge in [-0.2, -0.15) is 0 Å². The summed E-state index contributed by atoms with van der Waals surface area (Å²) in [5.74, 6) is 0.635. The third-order valence-corrected chi connectivity index (χ3v) is 4.22. The monoisotopic (exact) mass is 313 g/mol. The lowest BCUT2D eigenvalue weighted by Gasteiger charge is -2.22. The summed E-state index contributed by atoms with van der Waals surface area (Å²) in [6.07, 6.45) is 0. The van der Waals surface area contributed by atoms with Gasteiger partial charge in [-0.1, -0.05) is 13.8 Å². The van der Waals surface area contributed by atoms with Crippen LogP contribution in [-0.4, -0.2) is 30.7 Å². The zero-order valence-corrected chi connectivity index (χ0v) is 15.4. The molecule has 0 unspecified atom stereocenters. The SMILES string of the molecule is CCN(CC(C)C)c1nc(COC)c(CNC(C)(C)C)s1. The minimum atomic E-state index is 0.108. The fraction of sp³-hybridized carbons (Fsp3) is 0.812. The largest absolute Gasteiger partial charge is 0.378 e. The molecule has 0 atom stereocenters. The Hall–Kier alpha value is -0.650. The summed E-state index contributed by atoms with van der Waals surface area (Å²) in [5.41, 5.74) is 1.17. The number of nitrogens with zero attached hydrogens (tertiary/aromatic N) is 2. The van der Waals surface area contributed by atoms with Gasteiger partial charge in [0.1, 0.15) is 0 Å². The van der Waals surface area contributed by atoms with E-state index < -0.39 is 0 Å². The Labute approximate surface area is 133 Å². The van der Waals surface area contributed by atoms with Crippen molar-refractivity contribution in [2.24, 2.45) is 5.92 Å². The lowest BCUT2D eigenvalue weighted by Crippen LogP contribution is -2.35. The molecular formula is C16H31N3OS. The molecule has 1 rings (SSSR count). The summed E-state index contributed by atoms with van der Waals surface area (Å²) in [6, 6.07) is 0. The topological polar surface area (TPSA) is 37.4 Å². The van der Waals surface area contributed by atoms with Crippen molar-refractivity contribution in [3.63, 3.8) is 0 Å². The van der Waals surface area contributed by atoms with E-state index >= 15 is 0 Å². The summed E-state index contributed by atoms with van der Waals surface area (Å²) < 4.78 is 5.31. The summed E-state index contributed by atoms with van der Waals surface area (Å²) in [7, 11) is 1.73. The number of anilines is 1. The van der Waals surface area contributed by atoms with E-state index in [2.05, 4.69) is 51.8 Å². The van der Waals surface area contributed by atoms with Crippen molar-refractivity contribution < 1.29 is 4.74 Å². The Kier molecular flexibility index (Phi) is 7.10. The van der Waals surface area contributed by atoms with Crippen LogP contribution in [0.1, 0.15) is 52.1 Å². The second-order valence-electron chi connectivity index (χ2n) is 6.84. The van der Waals surface area contributed by atoms with Crippen LogP contribution in [-0.2, 0) is 17.9 Å². The lowest BCUT2D eigenvalue weighted by atomic mass is 10.1. The van der Waals surface area contributed by atoms with Crippen LogP contribution in [0, 0.1) is 5.92 Å². The van der Waals surface area contributed by atoms with Gasteiger partial charge in [0.05, 0.1) is 12.3 Å². The number of nitrogens with one attached hydrogen (secondary N) is 1. The van der Waals surface area contributed by atoms with Crippen molar-refractivity contribution in [1.29, 1.82) is 0 Å². The predicted molar refractivity (Wildman–Crippen MR) is 92.1 cm³/mol. The molecule has 0 aliphatic heterocycles. The molecule has 0 fully saturated rings. The van der Waals surface area contributed by atoms with Crippen LogP contribution in [0.2, 0.25) is 0 Å². The number of thiazole rings is 1. The van der Waals surface area contributed by atoms with Crippen LogP contribution in [0.15, 0.2) is 0 Å². The molecule has 0 aliphatic rings. The first-order chi connectivity index (χ1) is 9.76. The van der Waals surface area contributed by atoms with E-state index in [1.807, 2.05) is 0 Å². The molecule has 1 aromatic heterocycles. The van der Waals surface area contributed by atoms with Crippen molar-refractivity contribution in [2.75, 3.05) is 25.1 Å². The van der Waals surface area contributed by atoms with Crippen molar-refractivity contribution in [3.8, 4) is 0 Å². The van der Waals surface area contributed by atoms with E-state index in [1.54, 1.807) is 18.4 Å². The van der Waals surface area contributed by atoms with E-state index in [9.17, 15) is 0 Å². The average molecular weight is 314 g/mol. The third-order valence-electron chi connectivity index (χ3n) is 3.07. The summed E-state index contributed by atoms with van der Waals surface area (Å²) in [4.78, 5) is 8.44. The van der Waals surface area contributed by atoms with E-state index in [1.165, 1.54) is 4.88 Å². The van der Waals surface area contributed by atoms with Crippen molar-refractivity contribution in [2.45, 2.75) is 60.2 Å². The maximum atomic E-state index is 5.31. The predicted octanol–water partition coefficient (Wildman–Crippen LogP) is 3.66. The highest BCUT2D eigenvalue weighted by molar-refractivity contribution is 7.15. The van der Waals surface area contributed by atoms with E-state index in [0.717, 1.165) is 30.5 Å². The number of hydrogen-bond acceptors (Lipinski definition) is 5. The lowest BCUT2D eigenvalue weighted by molar-refractivity contribution is 0.181. The van der Waals surface area contributed by atoms with Crippen LogP contribution >= 0.6 is 11.3 Å². The standard InChI is InChI=1S/C16H31N3OS/c1-8-19(10-12(2)3)15-18-13(11-20-7)14(21-15)9-17-16(4,5)6/h12,17H,8-11H2,1-7H3. The third kappa shape index (κ3) is 6.32. The maximum absolute atomic E-state index is 5.31. The fourth-order valence-corrected chi connectivity index (χ4v) is 3.10. The van der Waals surface area contributed by atoms with Gasteiger partial charge in [0.25, 0.3) is 0 Å². The molecule has 0 radical (unpaired) electrons. The highest BCUT2D eigenvalue weighted by Gasteiger charge is 2.18. The first-order valence-corrected chi connectivity index (χ1v) is 8.56. The van der Waals surface area contributed by atoms with Crippen molar-refractivity contribution >= 4 is 16.5 Å².